The quantitative estimate of drug-likeness (QED) is 0.686. The molecule has 128 valence electrons. The first-order valence-corrected chi connectivity index (χ1v) is 8.84. The van der Waals surface area contributed by atoms with Gasteiger partial charge in [-0.25, -0.2) is 0 Å². The van der Waals surface area contributed by atoms with Gasteiger partial charge in [0.2, 0.25) is 5.91 Å². The van der Waals surface area contributed by atoms with Gasteiger partial charge in [0, 0.05) is 23.9 Å². The van der Waals surface area contributed by atoms with Gasteiger partial charge >= 0.3 is 0 Å². The zero-order chi connectivity index (χ0) is 17.6. The van der Waals surface area contributed by atoms with Crippen LogP contribution in [0.2, 0.25) is 0 Å². The number of hydrogen-bond donors (Lipinski definition) is 0. The maximum atomic E-state index is 12.9. The maximum Gasteiger partial charge on any atom is 0.242 e. The van der Waals surface area contributed by atoms with Crippen LogP contribution in [0.3, 0.4) is 0 Å². The lowest BCUT2D eigenvalue weighted by Gasteiger charge is -2.26. The molecule has 1 unspecified atom stereocenters. The van der Waals surface area contributed by atoms with Crippen LogP contribution in [0.4, 0.5) is 0 Å². The van der Waals surface area contributed by atoms with Crippen LogP contribution in [-0.2, 0) is 11.3 Å². The maximum absolute atomic E-state index is 12.9. The van der Waals surface area contributed by atoms with Crippen molar-refractivity contribution in [2.24, 2.45) is 5.92 Å². The molecule has 4 nitrogen and oxygen atoms in total. The second-order valence-corrected chi connectivity index (χ2v) is 7.03. The number of rotatable bonds is 4. The molecular weight excluding hydrogens is 312 g/mol. The molecule has 3 aromatic rings. The Labute approximate surface area is 146 Å². The van der Waals surface area contributed by atoms with Gasteiger partial charge in [-0.3, -0.25) is 9.59 Å². The number of likely N-dealkylation sites (N-methyl/N-ethyl adjacent to an activating group) is 1. The first-order valence-electron chi connectivity index (χ1n) is 8.84. The summed E-state index contributed by atoms with van der Waals surface area (Å²) in [6.45, 7) is 2.37. The van der Waals surface area contributed by atoms with E-state index in [0.29, 0.717) is 16.7 Å². The molecule has 1 aromatic heterocycles. The minimum atomic E-state index is 0.0228. The summed E-state index contributed by atoms with van der Waals surface area (Å²) in [7, 11) is 1.89. The zero-order valence-corrected chi connectivity index (χ0v) is 14.6. The van der Waals surface area contributed by atoms with E-state index in [0.717, 1.165) is 11.0 Å². The lowest BCUT2D eigenvalue weighted by atomic mass is 10.1. The van der Waals surface area contributed by atoms with Crippen molar-refractivity contribution in [1.29, 1.82) is 0 Å². The van der Waals surface area contributed by atoms with Crippen molar-refractivity contribution in [3.8, 4) is 0 Å². The molecule has 0 saturated heterocycles. The molecule has 1 amide bonds. The number of aromatic nitrogens is 1. The molecule has 4 rings (SSSR count). The number of carbonyl (C=O) groups excluding carboxylic acids is 1. The fourth-order valence-electron chi connectivity index (χ4n) is 3.62. The van der Waals surface area contributed by atoms with E-state index in [2.05, 4.69) is 6.92 Å². The average molecular weight is 334 g/mol. The highest BCUT2D eigenvalue weighted by Gasteiger charge is 2.32. The van der Waals surface area contributed by atoms with Crippen LogP contribution in [0.1, 0.15) is 19.8 Å². The Balaban J connectivity index is 1.83. The summed E-state index contributed by atoms with van der Waals surface area (Å²) in [5, 5.41) is 1.32. The molecule has 1 heterocycles. The van der Waals surface area contributed by atoms with Crippen molar-refractivity contribution >= 4 is 27.7 Å². The third kappa shape index (κ3) is 2.72. The van der Waals surface area contributed by atoms with Gasteiger partial charge in [0.1, 0.15) is 6.54 Å². The topological polar surface area (TPSA) is 42.3 Å². The summed E-state index contributed by atoms with van der Waals surface area (Å²) in [5.41, 5.74) is 1.65. The molecule has 0 radical (unpaired) electrons. The Morgan fingerprint density at radius 2 is 1.60 bits per heavy atom. The zero-order valence-electron chi connectivity index (χ0n) is 14.6. The van der Waals surface area contributed by atoms with Crippen LogP contribution in [-0.4, -0.2) is 28.5 Å². The van der Waals surface area contributed by atoms with Crippen LogP contribution >= 0.6 is 0 Å². The molecule has 4 heteroatoms. The number of pyridine rings is 1. The molecule has 1 aliphatic carbocycles. The largest absolute Gasteiger partial charge is 0.341 e. The average Bonchev–Trinajstić information content (AvgIpc) is 3.49. The minimum Gasteiger partial charge on any atom is -0.341 e. The molecule has 25 heavy (non-hydrogen) atoms. The van der Waals surface area contributed by atoms with E-state index in [4.69, 9.17) is 0 Å². The van der Waals surface area contributed by atoms with Crippen molar-refractivity contribution in [2.45, 2.75) is 32.4 Å². The highest BCUT2D eigenvalue weighted by molar-refractivity contribution is 5.94. The van der Waals surface area contributed by atoms with Gasteiger partial charge in [-0.15, -0.1) is 0 Å². The first kappa shape index (κ1) is 15.9. The Morgan fingerprint density at radius 1 is 1.08 bits per heavy atom. The van der Waals surface area contributed by atoms with Gasteiger partial charge in [-0.1, -0.05) is 24.3 Å². The van der Waals surface area contributed by atoms with Gasteiger partial charge in [0.05, 0.1) is 11.0 Å². The van der Waals surface area contributed by atoms with Crippen molar-refractivity contribution in [3.05, 3.63) is 58.8 Å². The van der Waals surface area contributed by atoms with Gasteiger partial charge in [0.15, 0.2) is 5.43 Å². The lowest BCUT2D eigenvalue weighted by Crippen LogP contribution is -2.38. The predicted octanol–water partition coefficient (Wildman–Crippen LogP) is 3.41. The first-order chi connectivity index (χ1) is 12.1. The summed E-state index contributed by atoms with van der Waals surface area (Å²) in [6, 6.07) is 15.3. The summed E-state index contributed by atoms with van der Waals surface area (Å²) < 4.78 is 1.98. The molecule has 1 fully saturated rings. The Kier molecular flexibility index (Phi) is 3.83. The fraction of sp³-hybridized carbons (Fsp3) is 0.333. The SMILES string of the molecule is CC(C1CC1)N(C)C(=O)Cn1c2ccccc2c(=O)c2ccccc21. The summed E-state index contributed by atoms with van der Waals surface area (Å²) in [5.74, 6) is 0.717. The van der Waals surface area contributed by atoms with E-state index in [-0.39, 0.29) is 23.9 Å². The van der Waals surface area contributed by atoms with E-state index in [1.807, 2.05) is 65.0 Å². The molecule has 2 aromatic carbocycles. The molecular formula is C21H22N2O2. The highest BCUT2D eigenvalue weighted by Crippen LogP contribution is 2.34. The molecule has 1 saturated carbocycles. The predicted molar refractivity (Wildman–Crippen MR) is 101 cm³/mol. The van der Waals surface area contributed by atoms with Crippen molar-refractivity contribution in [2.75, 3.05) is 7.05 Å². The number of nitrogens with zero attached hydrogens (tertiary/aromatic N) is 2. The standard InChI is InChI=1S/C21H22N2O2/c1-14(15-11-12-15)22(2)20(24)13-23-18-9-5-3-7-16(18)21(25)17-8-4-6-10-19(17)23/h3-10,14-15H,11-13H2,1-2H3. The van der Waals surface area contributed by atoms with E-state index >= 15 is 0 Å². The van der Waals surface area contributed by atoms with Crippen molar-refractivity contribution in [1.82, 2.24) is 9.47 Å². The molecule has 0 spiro atoms. The third-order valence-electron chi connectivity index (χ3n) is 5.48. The molecule has 0 aliphatic heterocycles. The molecule has 1 atom stereocenters. The van der Waals surface area contributed by atoms with Gasteiger partial charge in [-0.05, 0) is 49.9 Å². The normalized spacial score (nSPS) is 15.4. The number of benzene rings is 2. The van der Waals surface area contributed by atoms with Gasteiger partial charge in [0.25, 0.3) is 0 Å². The number of carbonyl (C=O) groups is 1. The van der Waals surface area contributed by atoms with E-state index in [9.17, 15) is 9.59 Å². The number of para-hydroxylation sites is 2. The summed E-state index contributed by atoms with van der Waals surface area (Å²) >= 11 is 0. The Bertz CT molecular complexity index is 957. The van der Waals surface area contributed by atoms with Crippen LogP contribution < -0.4 is 5.43 Å². The van der Waals surface area contributed by atoms with Gasteiger partial charge < -0.3 is 9.47 Å². The van der Waals surface area contributed by atoms with Crippen LogP contribution in [0, 0.1) is 5.92 Å². The monoisotopic (exact) mass is 334 g/mol. The van der Waals surface area contributed by atoms with Gasteiger partial charge in [-0.2, -0.15) is 0 Å². The fourth-order valence-corrected chi connectivity index (χ4v) is 3.62. The lowest BCUT2D eigenvalue weighted by molar-refractivity contribution is -0.132. The number of fused-ring (bicyclic) bond motifs is 2. The van der Waals surface area contributed by atoms with Crippen LogP contribution in [0.5, 0.6) is 0 Å². The van der Waals surface area contributed by atoms with E-state index in [1.54, 1.807) is 0 Å². The van der Waals surface area contributed by atoms with Crippen molar-refractivity contribution in [3.63, 3.8) is 0 Å². The minimum absolute atomic E-state index is 0.0228. The summed E-state index contributed by atoms with van der Waals surface area (Å²) in [6.07, 6.45) is 2.42. The number of hydrogen-bond acceptors (Lipinski definition) is 2. The second-order valence-electron chi connectivity index (χ2n) is 7.03. The Hall–Kier alpha value is -2.62. The Morgan fingerprint density at radius 3 is 2.12 bits per heavy atom. The molecule has 1 aliphatic rings. The third-order valence-corrected chi connectivity index (χ3v) is 5.48. The van der Waals surface area contributed by atoms with Crippen molar-refractivity contribution < 1.29 is 4.79 Å². The highest BCUT2D eigenvalue weighted by atomic mass is 16.2. The smallest absolute Gasteiger partial charge is 0.242 e. The summed E-state index contributed by atoms with van der Waals surface area (Å²) in [4.78, 5) is 27.5. The van der Waals surface area contributed by atoms with E-state index < -0.39 is 0 Å². The van der Waals surface area contributed by atoms with Crippen LogP contribution in [0.15, 0.2) is 53.3 Å². The van der Waals surface area contributed by atoms with Crippen LogP contribution in [0.25, 0.3) is 21.8 Å². The molecule has 0 N–H and O–H groups in total. The second kappa shape index (κ2) is 6.03. The van der Waals surface area contributed by atoms with E-state index in [1.165, 1.54) is 12.8 Å². The molecule has 0 bridgehead atoms. The number of amides is 1.